The lowest BCUT2D eigenvalue weighted by Gasteiger charge is -2.05. The molecule has 0 amide bonds. The summed E-state index contributed by atoms with van der Waals surface area (Å²) >= 11 is 6.85. The molecule has 104 valence electrons. The van der Waals surface area contributed by atoms with Crippen molar-refractivity contribution in [3.05, 3.63) is 50.7 Å². The topological polar surface area (TPSA) is 63.6 Å². The van der Waals surface area contributed by atoms with Crippen LogP contribution in [-0.2, 0) is 4.74 Å². The van der Waals surface area contributed by atoms with Crippen LogP contribution < -0.4 is 0 Å². The maximum absolute atomic E-state index is 11.8. The summed E-state index contributed by atoms with van der Waals surface area (Å²) in [5.41, 5.74) is 0.857. The Hall–Kier alpha value is -1.85. The molecule has 0 atom stereocenters. The number of thiophene rings is 1. The molecule has 1 aromatic carbocycles. The zero-order valence-electron chi connectivity index (χ0n) is 10.6. The molecule has 0 fully saturated rings. The van der Waals surface area contributed by atoms with Gasteiger partial charge in [-0.1, -0.05) is 17.7 Å². The van der Waals surface area contributed by atoms with Crippen LogP contribution in [0.4, 0.5) is 0 Å². The molecular weight excluding hydrogens is 300 g/mol. The lowest BCUT2D eigenvalue weighted by Crippen LogP contribution is -2.13. The first-order chi connectivity index (χ1) is 9.47. The van der Waals surface area contributed by atoms with Crippen LogP contribution in [-0.4, -0.2) is 23.5 Å². The number of aromatic hydroxyl groups is 1. The number of aryl methyl sites for hydroxylation is 1. The van der Waals surface area contributed by atoms with Crippen molar-refractivity contribution < 1.29 is 19.4 Å². The van der Waals surface area contributed by atoms with Gasteiger partial charge in [-0.3, -0.25) is 4.79 Å². The molecule has 1 aromatic heterocycles. The molecule has 0 bridgehead atoms. The Kier molecular flexibility index (Phi) is 4.42. The fourth-order valence-corrected chi connectivity index (χ4v) is 2.53. The van der Waals surface area contributed by atoms with E-state index in [2.05, 4.69) is 0 Å². The third kappa shape index (κ3) is 3.37. The summed E-state index contributed by atoms with van der Waals surface area (Å²) in [7, 11) is 0. The third-order valence-corrected chi connectivity index (χ3v) is 3.83. The molecule has 0 unspecified atom stereocenters. The van der Waals surface area contributed by atoms with Crippen molar-refractivity contribution >= 4 is 34.7 Å². The summed E-state index contributed by atoms with van der Waals surface area (Å²) in [6.07, 6.45) is 0. The predicted octanol–water partition coefficient (Wildman–Crippen LogP) is 3.46. The maximum atomic E-state index is 11.8. The fourth-order valence-electron chi connectivity index (χ4n) is 1.56. The summed E-state index contributed by atoms with van der Waals surface area (Å²) in [6, 6.07) is 7.77. The molecule has 2 aromatic rings. The van der Waals surface area contributed by atoms with E-state index in [1.807, 2.05) is 0 Å². The molecule has 0 aliphatic heterocycles. The Morgan fingerprint density at radius 3 is 2.65 bits per heavy atom. The summed E-state index contributed by atoms with van der Waals surface area (Å²) in [4.78, 5) is 23.9. The number of phenolic OH excluding ortho intramolecular Hbond substituents is 1. The second kappa shape index (κ2) is 6.07. The van der Waals surface area contributed by atoms with E-state index < -0.39 is 5.97 Å². The SMILES string of the molecule is Cc1ccc(C(=O)OCC(=O)c2ccc(Cl)s2)c(O)c1. The highest BCUT2D eigenvalue weighted by atomic mass is 35.5. The molecular formula is C14H11ClO4S. The number of Topliss-reactive ketones (excluding diaryl/α,β-unsaturated/α-hetero) is 1. The highest BCUT2D eigenvalue weighted by Crippen LogP contribution is 2.22. The molecule has 0 saturated carbocycles. The van der Waals surface area contributed by atoms with Crippen molar-refractivity contribution in [3.8, 4) is 5.75 Å². The van der Waals surface area contributed by atoms with Gasteiger partial charge in [0.1, 0.15) is 11.3 Å². The van der Waals surface area contributed by atoms with E-state index in [1.54, 1.807) is 25.1 Å². The van der Waals surface area contributed by atoms with Crippen molar-refractivity contribution in [1.82, 2.24) is 0 Å². The zero-order chi connectivity index (χ0) is 14.7. The van der Waals surface area contributed by atoms with Gasteiger partial charge in [-0.15, -0.1) is 11.3 Å². The number of ketones is 1. The Bertz CT molecular complexity index is 663. The van der Waals surface area contributed by atoms with E-state index in [9.17, 15) is 14.7 Å². The van der Waals surface area contributed by atoms with Crippen LogP contribution in [0.2, 0.25) is 4.34 Å². The number of hydrogen-bond acceptors (Lipinski definition) is 5. The van der Waals surface area contributed by atoms with Gasteiger partial charge in [0, 0.05) is 0 Å². The quantitative estimate of drug-likeness (QED) is 0.694. The molecule has 0 aliphatic rings. The highest BCUT2D eigenvalue weighted by Gasteiger charge is 2.16. The number of esters is 1. The second-order valence-electron chi connectivity index (χ2n) is 4.12. The number of benzene rings is 1. The number of ether oxygens (including phenoxy) is 1. The van der Waals surface area contributed by atoms with Gasteiger partial charge in [0.2, 0.25) is 5.78 Å². The number of carbonyl (C=O) groups excluding carboxylic acids is 2. The van der Waals surface area contributed by atoms with Gasteiger partial charge in [-0.05, 0) is 36.8 Å². The Balaban J connectivity index is 2.00. The smallest absolute Gasteiger partial charge is 0.342 e. The van der Waals surface area contributed by atoms with Gasteiger partial charge in [0.05, 0.1) is 9.21 Å². The molecule has 1 N–H and O–H groups in total. The first kappa shape index (κ1) is 14.6. The Morgan fingerprint density at radius 2 is 2.05 bits per heavy atom. The van der Waals surface area contributed by atoms with E-state index in [1.165, 1.54) is 12.1 Å². The normalized spacial score (nSPS) is 10.3. The van der Waals surface area contributed by atoms with Crippen LogP contribution in [0.5, 0.6) is 5.75 Å². The van der Waals surface area contributed by atoms with Crippen LogP contribution in [0.25, 0.3) is 0 Å². The largest absolute Gasteiger partial charge is 0.507 e. The Morgan fingerprint density at radius 1 is 1.30 bits per heavy atom. The van der Waals surface area contributed by atoms with Gasteiger partial charge < -0.3 is 9.84 Å². The van der Waals surface area contributed by atoms with Crippen LogP contribution in [0.1, 0.15) is 25.6 Å². The summed E-state index contributed by atoms with van der Waals surface area (Å²) in [5.74, 6) is -1.23. The van der Waals surface area contributed by atoms with Gasteiger partial charge in [-0.2, -0.15) is 0 Å². The predicted molar refractivity (Wildman–Crippen MR) is 76.8 cm³/mol. The van der Waals surface area contributed by atoms with Crippen LogP contribution in [0, 0.1) is 6.92 Å². The first-order valence-electron chi connectivity index (χ1n) is 5.72. The van der Waals surface area contributed by atoms with Crippen LogP contribution in [0.3, 0.4) is 0 Å². The molecule has 0 aliphatic carbocycles. The number of hydrogen-bond donors (Lipinski definition) is 1. The molecule has 1 heterocycles. The fraction of sp³-hybridized carbons (Fsp3) is 0.143. The zero-order valence-corrected chi connectivity index (χ0v) is 12.1. The molecule has 20 heavy (non-hydrogen) atoms. The van der Waals surface area contributed by atoms with Gasteiger partial charge in [-0.25, -0.2) is 4.79 Å². The van der Waals surface area contributed by atoms with Crippen molar-refractivity contribution in [2.45, 2.75) is 6.92 Å². The summed E-state index contributed by atoms with van der Waals surface area (Å²) < 4.78 is 5.39. The van der Waals surface area contributed by atoms with Gasteiger partial charge in [0.15, 0.2) is 6.61 Å². The number of halogens is 1. The van der Waals surface area contributed by atoms with Gasteiger partial charge >= 0.3 is 5.97 Å². The van der Waals surface area contributed by atoms with E-state index in [0.29, 0.717) is 9.21 Å². The highest BCUT2D eigenvalue weighted by molar-refractivity contribution is 7.18. The van der Waals surface area contributed by atoms with Crippen LogP contribution >= 0.6 is 22.9 Å². The average molecular weight is 311 g/mol. The van der Waals surface area contributed by atoms with Crippen molar-refractivity contribution in [3.63, 3.8) is 0 Å². The lowest BCUT2D eigenvalue weighted by atomic mass is 10.1. The molecule has 6 heteroatoms. The number of rotatable bonds is 4. The molecule has 0 spiro atoms. The van der Waals surface area contributed by atoms with E-state index in [0.717, 1.165) is 16.9 Å². The third-order valence-electron chi connectivity index (χ3n) is 2.56. The summed E-state index contributed by atoms with van der Waals surface area (Å²) in [5, 5.41) is 9.65. The maximum Gasteiger partial charge on any atom is 0.342 e. The minimum atomic E-state index is -0.737. The van der Waals surface area contributed by atoms with Crippen molar-refractivity contribution in [2.75, 3.05) is 6.61 Å². The minimum absolute atomic E-state index is 0.0348. The molecule has 2 rings (SSSR count). The average Bonchev–Trinajstić information content (AvgIpc) is 2.82. The van der Waals surface area contributed by atoms with E-state index in [-0.39, 0.29) is 23.7 Å². The molecule has 0 saturated heterocycles. The number of carbonyl (C=O) groups is 2. The standard InChI is InChI=1S/C14H11ClO4S/c1-8-2-3-9(10(16)6-8)14(18)19-7-11(17)12-4-5-13(15)20-12/h2-6,16H,7H2,1H3. The monoisotopic (exact) mass is 310 g/mol. The van der Waals surface area contributed by atoms with E-state index >= 15 is 0 Å². The molecule has 0 radical (unpaired) electrons. The van der Waals surface area contributed by atoms with E-state index in [4.69, 9.17) is 16.3 Å². The minimum Gasteiger partial charge on any atom is -0.507 e. The summed E-state index contributed by atoms with van der Waals surface area (Å²) in [6.45, 7) is 1.40. The van der Waals surface area contributed by atoms with Crippen LogP contribution in [0.15, 0.2) is 30.3 Å². The second-order valence-corrected chi connectivity index (χ2v) is 5.84. The first-order valence-corrected chi connectivity index (χ1v) is 6.92. The van der Waals surface area contributed by atoms with Crippen molar-refractivity contribution in [1.29, 1.82) is 0 Å². The van der Waals surface area contributed by atoms with Crippen molar-refractivity contribution in [2.24, 2.45) is 0 Å². The Labute approximate surface area is 124 Å². The number of phenols is 1. The van der Waals surface area contributed by atoms with Gasteiger partial charge in [0.25, 0.3) is 0 Å². The lowest BCUT2D eigenvalue weighted by molar-refractivity contribution is 0.0473. The molecule has 4 nitrogen and oxygen atoms in total.